The van der Waals surface area contributed by atoms with Gasteiger partial charge < -0.3 is 19.9 Å². The van der Waals surface area contributed by atoms with Crippen molar-refractivity contribution in [2.24, 2.45) is 0 Å². The Morgan fingerprint density at radius 2 is 1.85 bits per heavy atom. The van der Waals surface area contributed by atoms with Crippen LogP contribution in [-0.2, 0) is 4.74 Å². The van der Waals surface area contributed by atoms with Crippen LogP contribution >= 0.6 is 11.6 Å². The van der Waals surface area contributed by atoms with Crippen LogP contribution in [0.4, 0.5) is 5.69 Å². The molecule has 5 rings (SSSR count). The number of hydrogen-bond acceptors (Lipinski definition) is 6. The standard InChI is InChI=1S/C26H25ClN4O3/c27-20-3-1-18(2-4-20)25-16-22-24(34-25)7-9-31(26(22)32)21-5-6-23(19(15-21)17-28)29-8-10-30-11-13-33-14-12-30/h1-7,9,15-17,28-29H,8,10-14H2. The Hall–Kier alpha value is -3.39. The fourth-order valence-corrected chi connectivity index (χ4v) is 4.28. The first kappa shape index (κ1) is 22.4. The van der Waals surface area contributed by atoms with Crippen LogP contribution in [0.3, 0.4) is 0 Å². The van der Waals surface area contributed by atoms with Crippen LogP contribution in [0, 0.1) is 5.41 Å². The average molecular weight is 477 g/mol. The molecule has 0 aliphatic carbocycles. The van der Waals surface area contributed by atoms with E-state index in [4.69, 9.17) is 26.2 Å². The molecule has 0 bridgehead atoms. The van der Waals surface area contributed by atoms with Gasteiger partial charge in [0.1, 0.15) is 11.3 Å². The maximum atomic E-state index is 13.3. The second-order valence-corrected chi connectivity index (χ2v) is 8.62. The van der Waals surface area contributed by atoms with E-state index in [0.717, 1.165) is 56.2 Å². The Bertz CT molecular complexity index is 1370. The topological polar surface area (TPSA) is 83.5 Å². The highest BCUT2D eigenvalue weighted by atomic mass is 35.5. The van der Waals surface area contributed by atoms with Crippen molar-refractivity contribution in [3.8, 4) is 17.0 Å². The Morgan fingerprint density at radius 1 is 1.06 bits per heavy atom. The molecule has 1 aliphatic rings. The summed E-state index contributed by atoms with van der Waals surface area (Å²) >= 11 is 5.98. The molecule has 1 saturated heterocycles. The van der Waals surface area contributed by atoms with Crippen molar-refractivity contribution in [3.05, 3.63) is 81.7 Å². The summed E-state index contributed by atoms with van der Waals surface area (Å²) in [7, 11) is 0. The van der Waals surface area contributed by atoms with Gasteiger partial charge in [-0.1, -0.05) is 11.6 Å². The van der Waals surface area contributed by atoms with E-state index in [1.807, 2.05) is 30.3 Å². The van der Waals surface area contributed by atoms with E-state index in [2.05, 4.69) is 10.2 Å². The summed E-state index contributed by atoms with van der Waals surface area (Å²) in [6.07, 6.45) is 3.01. The summed E-state index contributed by atoms with van der Waals surface area (Å²) in [5, 5.41) is 12.4. The quantitative estimate of drug-likeness (QED) is 0.379. The zero-order chi connectivity index (χ0) is 23.5. The Labute approximate surface area is 202 Å². The summed E-state index contributed by atoms with van der Waals surface area (Å²) in [6.45, 7) is 5.12. The van der Waals surface area contributed by atoms with Crippen LogP contribution in [-0.4, -0.2) is 55.1 Å². The van der Waals surface area contributed by atoms with E-state index in [1.54, 1.807) is 35.0 Å². The van der Waals surface area contributed by atoms with Crippen LogP contribution in [0.1, 0.15) is 5.56 Å². The highest BCUT2D eigenvalue weighted by Crippen LogP contribution is 2.27. The number of ether oxygens (including phenoxy) is 1. The number of halogens is 1. The largest absolute Gasteiger partial charge is 0.456 e. The molecule has 0 unspecified atom stereocenters. The zero-order valence-electron chi connectivity index (χ0n) is 18.6. The molecule has 3 heterocycles. The van der Waals surface area contributed by atoms with Crippen LogP contribution in [0.2, 0.25) is 5.02 Å². The van der Waals surface area contributed by atoms with Crippen molar-refractivity contribution in [1.82, 2.24) is 9.47 Å². The SMILES string of the molecule is N=Cc1cc(-n2ccc3oc(-c4ccc(Cl)cc4)cc3c2=O)ccc1NCCN1CCOCC1. The number of furan rings is 1. The molecule has 0 saturated carbocycles. The van der Waals surface area contributed by atoms with E-state index >= 15 is 0 Å². The van der Waals surface area contributed by atoms with Crippen LogP contribution in [0.5, 0.6) is 0 Å². The lowest BCUT2D eigenvalue weighted by Gasteiger charge is -2.26. The van der Waals surface area contributed by atoms with Gasteiger partial charge in [-0.15, -0.1) is 0 Å². The minimum Gasteiger partial charge on any atom is -0.456 e. The number of fused-ring (bicyclic) bond motifs is 1. The molecule has 7 nitrogen and oxygen atoms in total. The van der Waals surface area contributed by atoms with Gasteiger partial charge in [0.15, 0.2) is 0 Å². The number of anilines is 1. The first-order valence-electron chi connectivity index (χ1n) is 11.2. The predicted octanol–water partition coefficient (Wildman–Crippen LogP) is 4.65. The van der Waals surface area contributed by atoms with E-state index in [-0.39, 0.29) is 5.56 Å². The van der Waals surface area contributed by atoms with Crippen molar-refractivity contribution in [1.29, 1.82) is 5.41 Å². The molecule has 8 heteroatoms. The first-order chi connectivity index (χ1) is 16.6. The number of nitrogens with one attached hydrogen (secondary N) is 2. The van der Waals surface area contributed by atoms with Gasteiger partial charge in [0.05, 0.1) is 18.6 Å². The lowest BCUT2D eigenvalue weighted by atomic mass is 10.1. The van der Waals surface area contributed by atoms with Gasteiger partial charge in [0.25, 0.3) is 5.56 Å². The summed E-state index contributed by atoms with van der Waals surface area (Å²) in [4.78, 5) is 15.6. The number of aromatic nitrogens is 1. The molecule has 2 aromatic heterocycles. The normalized spacial score (nSPS) is 14.4. The Balaban J connectivity index is 1.39. The molecule has 0 radical (unpaired) electrons. The van der Waals surface area contributed by atoms with E-state index in [9.17, 15) is 4.79 Å². The van der Waals surface area contributed by atoms with E-state index in [1.165, 1.54) is 6.21 Å². The molecule has 0 atom stereocenters. The molecular formula is C26H25ClN4O3. The van der Waals surface area contributed by atoms with Crippen LogP contribution < -0.4 is 10.9 Å². The van der Waals surface area contributed by atoms with Gasteiger partial charge in [0, 0.05) is 66.1 Å². The highest BCUT2D eigenvalue weighted by molar-refractivity contribution is 6.30. The fourth-order valence-electron chi connectivity index (χ4n) is 4.15. The van der Waals surface area contributed by atoms with Gasteiger partial charge in [-0.2, -0.15) is 0 Å². The van der Waals surface area contributed by atoms with Crippen LogP contribution in [0.25, 0.3) is 28.0 Å². The number of rotatable bonds is 7. The van der Waals surface area contributed by atoms with Gasteiger partial charge in [-0.05, 0) is 54.6 Å². The van der Waals surface area contributed by atoms with Gasteiger partial charge in [-0.25, -0.2) is 0 Å². The minimum absolute atomic E-state index is 0.176. The maximum absolute atomic E-state index is 13.3. The predicted molar refractivity (Wildman–Crippen MR) is 136 cm³/mol. The summed E-state index contributed by atoms with van der Waals surface area (Å²) < 4.78 is 12.9. The Morgan fingerprint density at radius 3 is 2.62 bits per heavy atom. The number of nitrogens with zero attached hydrogens (tertiary/aromatic N) is 2. The first-order valence-corrected chi connectivity index (χ1v) is 11.6. The van der Waals surface area contributed by atoms with Crippen molar-refractivity contribution in [3.63, 3.8) is 0 Å². The minimum atomic E-state index is -0.176. The van der Waals surface area contributed by atoms with E-state index in [0.29, 0.717) is 27.4 Å². The number of hydrogen-bond donors (Lipinski definition) is 2. The third kappa shape index (κ3) is 4.63. The van der Waals surface area contributed by atoms with Crippen LogP contribution in [0.15, 0.2) is 70.0 Å². The third-order valence-electron chi connectivity index (χ3n) is 6.03. The monoisotopic (exact) mass is 476 g/mol. The molecule has 0 amide bonds. The van der Waals surface area contributed by atoms with Crippen molar-refractivity contribution in [2.75, 3.05) is 44.7 Å². The fraction of sp³-hybridized carbons (Fsp3) is 0.231. The molecule has 34 heavy (non-hydrogen) atoms. The molecule has 2 aromatic carbocycles. The molecule has 174 valence electrons. The average Bonchev–Trinajstić information content (AvgIpc) is 3.31. The molecule has 1 fully saturated rings. The second-order valence-electron chi connectivity index (χ2n) is 8.18. The van der Waals surface area contributed by atoms with Crippen molar-refractivity contribution < 1.29 is 9.15 Å². The number of benzene rings is 2. The van der Waals surface area contributed by atoms with E-state index < -0.39 is 0 Å². The summed E-state index contributed by atoms with van der Waals surface area (Å²) in [5.74, 6) is 0.613. The van der Waals surface area contributed by atoms with Gasteiger partial charge in [0.2, 0.25) is 0 Å². The van der Waals surface area contributed by atoms with Crippen molar-refractivity contribution in [2.45, 2.75) is 0 Å². The van der Waals surface area contributed by atoms with Gasteiger partial charge >= 0.3 is 0 Å². The number of pyridine rings is 1. The Kier molecular flexibility index (Phi) is 6.49. The van der Waals surface area contributed by atoms with Gasteiger partial charge in [-0.3, -0.25) is 14.3 Å². The molecule has 1 aliphatic heterocycles. The molecule has 0 spiro atoms. The maximum Gasteiger partial charge on any atom is 0.266 e. The molecule has 2 N–H and O–H groups in total. The third-order valence-corrected chi connectivity index (χ3v) is 6.28. The molecular weight excluding hydrogens is 452 g/mol. The lowest BCUT2D eigenvalue weighted by Crippen LogP contribution is -2.39. The second kappa shape index (κ2) is 9.85. The lowest BCUT2D eigenvalue weighted by molar-refractivity contribution is 0.0398. The summed E-state index contributed by atoms with van der Waals surface area (Å²) in [6, 6.07) is 16.5. The summed E-state index contributed by atoms with van der Waals surface area (Å²) in [5.41, 5.74) is 3.49. The molecule has 4 aromatic rings. The van der Waals surface area contributed by atoms with Crippen molar-refractivity contribution >= 4 is 34.5 Å². The smallest absolute Gasteiger partial charge is 0.266 e. The zero-order valence-corrected chi connectivity index (χ0v) is 19.3. The number of morpholine rings is 1. The highest BCUT2D eigenvalue weighted by Gasteiger charge is 2.13.